The van der Waals surface area contributed by atoms with Crippen LogP contribution in [-0.2, 0) is 6.42 Å². The average Bonchev–Trinajstić information content (AvgIpc) is 2.48. The van der Waals surface area contributed by atoms with E-state index in [-0.39, 0.29) is 0 Å². The molecule has 0 bridgehead atoms. The Morgan fingerprint density at radius 3 is 1.75 bits per heavy atom. The summed E-state index contributed by atoms with van der Waals surface area (Å²) in [5.41, 5.74) is 9.97. The molecule has 0 aliphatic heterocycles. The smallest absolute Gasteiger partial charge is 0.00887 e. The van der Waals surface area contributed by atoms with E-state index >= 15 is 0 Å². The van der Waals surface area contributed by atoms with Crippen LogP contribution in [0.25, 0.3) is 6.08 Å². The molecule has 0 saturated carbocycles. The summed E-state index contributed by atoms with van der Waals surface area (Å²) < 4.78 is 0. The van der Waals surface area contributed by atoms with Gasteiger partial charge in [0, 0.05) is 0 Å². The van der Waals surface area contributed by atoms with Crippen LogP contribution in [0.15, 0.2) is 36.4 Å². The van der Waals surface area contributed by atoms with Gasteiger partial charge in [0.25, 0.3) is 0 Å². The molecule has 2 aromatic rings. The molecular weight excluding hydrogens is 240 g/mol. The Balaban J connectivity index is 2.29. The van der Waals surface area contributed by atoms with Crippen LogP contribution in [0.4, 0.5) is 0 Å². The van der Waals surface area contributed by atoms with Crippen LogP contribution in [0.2, 0.25) is 0 Å². The van der Waals surface area contributed by atoms with Crippen LogP contribution in [-0.4, -0.2) is 0 Å². The molecule has 0 radical (unpaired) electrons. The van der Waals surface area contributed by atoms with Gasteiger partial charge in [0.1, 0.15) is 0 Å². The standard InChI is InChI=1S/C20H24/c1-14-15(2)17(4)20(18(5)16(14)3)13-9-12-19-10-7-6-8-11-19/h6-12H,13H2,1-5H3/b12-9+. The highest BCUT2D eigenvalue weighted by Gasteiger charge is 2.10. The van der Waals surface area contributed by atoms with E-state index in [2.05, 4.69) is 77.1 Å². The fraction of sp³-hybridized carbons (Fsp3) is 0.300. The van der Waals surface area contributed by atoms with Gasteiger partial charge in [0.05, 0.1) is 0 Å². The average molecular weight is 264 g/mol. The lowest BCUT2D eigenvalue weighted by atomic mass is 9.88. The second-order valence-corrected chi connectivity index (χ2v) is 5.62. The number of hydrogen-bond donors (Lipinski definition) is 0. The van der Waals surface area contributed by atoms with Gasteiger partial charge in [-0.25, -0.2) is 0 Å². The minimum Gasteiger partial charge on any atom is -0.0795 e. The second kappa shape index (κ2) is 6.09. The van der Waals surface area contributed by atoms with Crippen LogP contribution < -0.4 is 0 Å². The third-order valence-electron chi connectivity index (χ3n) is 4.59. The topological polar surface area (TPSA) is 0 Å². The van der Waals surface area contributed by atoms with Crippen LogP contribution in [0.5, 0.6) is 0 Å². The second-order valence-electron chi connectivity index (χ2n) is 5.62. The van der Waals surface area contributed by atoms with E-state index in [9.17, 15) is 0 Å². The van der Waals surface area contributed by atoms with Crippen molar-refractivity contribution in [2.75, 3.05) is 0 Å². The molecule has 2 rings (SSSR count). The van der Waals surface area contributed by atoms with Gasteiger partial charge >= 0.3 is 0 Å². The Bertz CT molecular complexity index is 602. The van der Waals surface area contributed by atoms with Crippen molar-refractivity contribution in [1.82, 2.24) is 0 Å². The lowest BCUT2D eigenvalue weighted by Crippen LogP contribution is -2.01. The lowest BCUT2D eigenvalue weighted by molar-refractivity contribution is 1.09. The van der Waals surface area contributed by atoms with Crippen LogP contribution in [0.3, 0.4) is 0 Å². The van der Waals surface area contributed by atoms with Crippen molar-refractivity contribution in [2.45, 2.75) is 41.0 Å². The van der Waals surface area contributed by atoms with E-state index < -0.39 is 0 Å². The summed E-state index contributed by atoms with van der Waals surface area (Å²) in [5, 5.41) is 0. The van der Waals surface area contributed by atoms with Gasteiger partial charge in [-0.15, -0.1) is 0 Å². The van der Waals surface area contributed by atoms with E-state index in [4.69, 9.17) is 0 Å². The first-order valence-electron chi connectivity index (χ1n) is 7.29. The Morgan fingerprint density at radius 2 is 1.20 bits per heavy atom. The summed E-state index contributed by atoms with van der Waals surface area (Å²) in [7, 11) is 0. The molecule has 20 heavy (non-hydrogen) atoms. The van der Waals surface area contributed by atoms with E-state index in [1.165, 1.54) is 38.9 Å². The van der Waals surface area contributed by atoms with Crippen LogP contribution in [0, 0.1) is 34.6 Å². The van der Waals surface area contributed by atoms with Crippen molar-refractivity contribution in [1.29, 1.82) is 0 Å². The van der Waals surface area contributed by atoms with Crippen molar-refractivity contribution in [2.24, 2.45) is 0 Å². The van der Waals surface area contributed by atoms with E-state index in [1.807, 2.05) is 0 Å². The maximum Gasteiger partial charge on any atom is -0.00887 e. The normalized spacial score (nSPS) is 11.2. The first-order valence-corrected chi connectivity index (χ1v) is 7.29. The molecule has 104 valence electrons. The zero-order valence-corrected chi connectivity index (χ0v) is 13.2. The minimum absolute atomic E-state index is 1.01. The SMILES string of the molecule is Cc1c(C)c(C)c(C/C=C/c2ccccc2)c(C)c1C. The minimum atomic E-state index is 1.01. The fourth-order valence-corrected chi connectivity index (χ4v) is 2.76. The summed E-state index contributed by atoms with van der Waals surface area (Å²) in [6.45, 7) is 11.2. The Morgan fingerprint density at radius 1 is 0.700 bits per heavy atom. The lowest BCUT2D eigenvalue weighted by Gasteiger charge is -2.17. The summed E-state index contributed by atoms with van der Waals surface area (Å²) in [5.74, 6) is 0. The van der Waals surface area contributed by atoms with Gasteiger partial charge in [0.2, 0.25) is 0 Å². The highest BCUT2D eigenvalue weighted by atomic mass is 14.2. The van der Waals surface area contributed by atoms with Crippen molar-refractivity contribution in [3.05, 3.63) is 75.4 Å². The monoisotopic (exact) mass is 264 g/mol. The first-order chi connectivity index (χ1) is 9.52. The highest BCUT2D eigenvalue weighted by molar-refractivity contribution is 5.53. The Kier molecular flexibility index (Phi) is 4.44. The predicted octanol–water partition coefficient (Wildman–Crippen LogP) is 5.48. The summed E-state index contributed by atoms with van der Waals surface area (Å²) in [6, 6.07) is 10.5. The summed E-state index contributed by atoms with van der Waals surface area (Å²) in [4.78, 5) is 0. The molecule has 0 fully saturated rings. The molecule has 0 heteroatoms. The van der Waals surface area contributed by atoms with Crippen molar-refractivity contribution in [3.8, 4) is 0 Å². The van der Waals surface area contributed by atoms with E-state index in [0.29, 0.717) is 0 Å². The molecule has 0 saturated heterocycles. The zero-order valence-electron chi connectivity index (χ0n) is 13.2. The Labute approximate surface area is 123 Å². The molecule has 0 aromatic heterocycles. The molecule has 0 N–H and O–H groups in total. The summed E-state index contributed by atoms with van der Waals surface area (Å²) in [6.07, 6.45) is 5.50. The maximum absolute atomic E-state index is 2.28. The molecular formula is C20H24. The van der Waals surface area contributed by atoms with Crippen LogP contribution >= 0.6 is 0 Å². The first kappa shape index (κ1) is 14.6. The molecule has 0 unspecified atom stereocenters. The van der Waals surface area contributed by atoms with Crippen molar-refractivity contribution in [3.63, 3.8) is 0 Å². The largest absolute Gasteiger partial charge is 0.0795 e. The van der Waals surface area contributed by atoms with Gasteiger partial charge in [0.15, 0.2) is 0 Å². The molecule has 0 aliphatic carbocycles. The zero-order chi connectivity index (χ0) is 14.7. The fourth-order valence-electron chi connectivity index (χ4n) is 2.76. The summed E-state index contributed by atoms with van der Waals surface area (Å²) >= 11 is 0. The van der Waals surface area contributed by atoms with Gasteiger partial charge in [-0.05, 0) is 80.0 Å². The predicted molar refractivity (Wildman–Crippen MR) is 89.3 cm³/mol. The van der Waals surface area contributed by atoms with E-state index in [0.717, 1.165) is 6.42 Å². The molecule has 0 nitrogen and oxygen atoms in total. The molecule has 0 aliphatic rings. The number of hydrogen-bond acceptors (Lipinski definition) is 0. The molecule has 0 heterocycles. The molecule has 0 spiro atoms. The molecule has 2 aromatic carbocycles. The molecule has 0 amide bonds. The van der Waals surface area contributed by atoms with Gasteiger partial charge in [-0.2, -0.15) is 0 Å². The Hall–Kier alpha value is -1.82. The van der Waals surface area contributed by atoms with Gasteiger partial charge in [-0.1, -0.05) is 42.5 Å². The maximum atomic E-state index is 2.28. The van der Waals surface area contributed by atoms with Crippen molar-refractivity contribution < 1.29 is 0 Å². The van der Waals surface area contributed by atoms with Gasteiger partial charge in [-0.3, -0.25) is 0 Å². The quantitative estimate of drug-likeness (QED) is 0.688. The third kappa shape index (κ3) is 2.85. The number of rotatable bonds is 3. The third-order valence-corrected chi connectivity index (χ3v) is 4.59. The van der Waals surface area contributed by atoms with E-state index in [1.54, 1.807) is 0 Å². The number of benzene rings is 2. The van der Waals surface area contributed by atoms with Crippen LogP contribution in [0.1, 0.15) is 38.9 Å². The van der Waals surface area contributed by atoms with Gasteiger partial charge < -0.3 is 0 Å². The molecule has 0 atom stereocenters. The van der Waals surface area contributed by atoms with Crippen molar-refractivity contribution >= 4 is 6.08 Å². The highest BCUT2D eigenvalue weighted by Crippen LogP contribution is 2.26. The number of allylic oxidation sites excluding steroid dienone is 1.